The molecule has 3 aliphatic rings. The van der Waals surface area contributed by atoms with Gasteiger partial charge in [0.25, 0.3) is 0 Å². The van der Waals surface area contributed by atoms with Crippen LogP contribution >= 0.6 is 11.6 Å². The molecule has 1 saturated carbocycles. The number of benzene rings is 1. The van der Waals surface area contributed by atoms with E-state index in [-0.39, 0.29) is 46.1 Å². The van der Waals surface area contributed by atoms with Crippen molar-refractivity contribution < 1.29 is 19.1 Å². The fourth-order valence-electron chi connectivity index (χ4n) is 4.60. The zero-order valence-electron chi connectivity index (χ0n) is 14.7. The molecule has 0 radical (unpaired) electrons. The summed E-state index contributed by atoms with van der Waals surface area (Å²) in [6, 6.07) is 4.54. The first-order valence-electron chi connectivity index (χ1n) is 8.48. The summed E-state index contributed by atoms with van der Waals surface area (Å²) in [6.45, 7) is 4.05. The van der Waals surface area contributed by atoms with Gasteiger partial charge in [-0.15, -0.1) is 0 Å². The highest BCUT2D eigenvalue weighted by atomic mass is 35.5. The van der Waals surface area contributed by atoms with Crippen molar-refractivity contribution in [2.75, 3.05) is 12.0 Å². The van der Waals surface area contributed by atoms with Crippen molar-refractivity contribution in [2.45, 2.75) is 13.8 Å². The Morgan fingerprint density at radius 2 is 1.65 bits per heavy atom. The second-order valence-electron chi connectivity index (χ2n) is 7.11. The van der Waals surface area contributed by atoms with Crippen LogP contribution in [-0.4, -0.2) is 24.9 Å². The molecule has 0 aromatic heterocycles. The van der Waals surface area contributed by atoms with Crippen LogP contribution in [0.4, 0.5) is 5.69 Å². The van der Waals surface area contributed by atoms with Crippen LogP contribution in [0.5, 0.6) is 0 Å². The molecule has 2 fully saturated rings. The molecule has 1 saturated heterocycles. The molecule has 134 valence electrons. The van der Waals surface area contributed by atoms with Crippen LogP contribution < -0.4 is 4.90 Å². The largest absolute Gasteiger partial charge is 0.465 e. The molecule has 4 atom stereocenters. The Bertz CT molecular complexity index is 878. The first-order valence-corrected chi connectivity index (χ1v) is 8.86. The van der Waals surface area contributed by atoms with E-state index in [1.807, 2.05) is 26.0 Å². The lowest BCUT2D eigenvalue weighted by atomic mass is 9.85. The highest BCUT2D eigenvalue weighted by Crippen LogP contribution is 2.57. The molecule has 26 heavy (non-hydrogen) atoms. The molecular formula is C20H18ClNO4. The van der Waals surface area contributed by atoms with Gasteiger partial charge in [0.2, 0.25) is 11.8 Å². The Morgan fingerprint density at radius 1 is 1.08 bits per heavy atom. The molecule has 1 aromatic carbocycles. The van der Waals surface area contributed by atoms with Crippen LogP contribution in [0, 0.1) is 23.7 Å². The van der Waals surface area contributed by atoms with Crippen molar-refractivity contribution in [3.05, 3.63) is 52.1 Å². The van der Waals surface area contributed by atoms with E-state index in [4.69, 9.17) is 16.3 Å². The summed E-state index contributed by atoms with van der Waals surface area (Å²) in [5, 5.41) is 0.216. The molecule has 1 aromatic rings. The number of carbonyl (C=O) groups is 3. The number of nitrogens with zero attached hydrogens (tertiary/aromatic N) is 1. The topological polar surface area (TPSA) is 63.7 Å². The summed E-state index contributed by atoms with van der Waals surface area (Å²) in [6.07, 6.45) is 4.09. The van der Waals surface area contributed by atoms with Crippen molar-refractivity contribution in [3.63, 3.8) is 0 Å². The number of rotatable bonds is 2. The molecule has 4 rings (SSSR count). The fourth-order valence-corrected chi connectivity index (χ4v) is 4.80. The number of anilines is 1. The fraction of sp³-hybridized carbons (Fsp3) is 0.350. The van der Waals surface area contributed by atoms with Gasteiger partial charge in [-0.3, -0.25) is 9.59 Å². The summed E-state index contributed by atoms with van der Waals surface area (Å²) in [5.41, 5.74) is 2.87. The first-order chi connectivity index (χ1) is 12.4. The minimum atomic E-state index is -0.607. The Hall–Kier alpha value is -2.40. The third-order valence-electron chi connectivity index (χ3n) is 5.61. The second-order valence-corrected chi connectivity index (χ2v) is 7.52. The third-order valence-corrected chi connectivity index (χ3v) is 5.94. The van der Waals surface area contributed by atoms with Crippen molar-refractivity contribution in [1.29, 1.82) is 0 Å². The summed E-state index contributed by atoms with van der Waals surface area (Å²) in [4.78, 5) is 39.3. The summed E-state index contributed by atoms with van der Waals surface area (Å²) < 4.78 is 4.72. The maximum Gasteiger partial charge on any atom is 0.339 e. The number of imide groups is 1. The van der Waals surface area contributed by atoms with Crippen LogP contribution in [0.1, 0.15) is 24.2 Å². The van der Waals surface area contributed by atoms with E-state index in [2.05, 4.69) is 0 Å². The number of carbonyl (C=O) groups excluding carboxylic acids is 3. The smallest absolute Gasteiger partial charge is 0.339 e. The molecule has 1 aliphatic heterocycles. The first kappa shape index (κ1) is 17.0. The van der Waals surface area contributed by atoms with E-state index in [0.29, 0.717) is 5.69 Å². The predicted octanol–water partition coefficient (Wildman–Crippen LogP) is 3.38. The number of esters is 1. The number of ether oxygens (including phenoxy) is 1. The molecule has 0 unspecified atom stereocenters. The van der Waals surface area contributed by atoms with E-state index in [1.54, 1.807) is 6.07 Å². The molecule has 0 N–H and O–H groups in total. The van der Waals surface area contributed by atoms with E-state index >= 15 is 0 Å². The van der Waals surface area contributed by atoms with Crippen molar-refractivity contribution in [1.82, 2.24) is 0 Å². The normalized spacial score (nSPS) is 28.8. The van der Waals surface area contributed by atoms with Gasteiger partial charge in [-0.1, -0.05) is 34.9 Å². The van der Waals surface area contributed by atoms with Gasteiger partial charge >= 0.3 is 5.97 Å². The number of allylic oxidation sites excluding steroid dienone is 4. The van der Waals surface area contributed by atoms with E-state index in [0.717, 1.165) is 0 Å². The number of methoxy groups -OCH3 is 1. The van der Waals surface area contributed by atoms with Crippen molar-refractivity contribution in [3.8, 4) is 0 Å². The van der Waals surface area contributed by atoms with Crippen LogP contribution in [0.3, 0.4) is 0 Å². The van der Waals surface area contributed by atoms with Crippen LogP contribution in [0.15, 0.2) is 41.5 Å². The molecule has 2 aliphatic carbocycles. The Morgan fingerprint density at radius 3 is 2.15 bits per heavy atom. The van der Waals surface area contributed by atoms with Crippen molar-refractivity contribution in [2.24, 2.45) is 23.7 Å². The Labute approximate surface area is 156 Å². The summed E-state index contributed by atoms with van der Waals surface area (Å²) in [5.74, 6) is -1.78. The van der Waals surface area contributed by atoms with Gasteiger partial charge in [0.15, 0.2) is 0 Å². The van der Waals surface area contributed by atoms with E-state index in [1.165, 1.54) is 35.3 Å². The highest BCUT2D eigenvalue weighted by molar-refractivity contribution is 6.34. The lowest BCUT2D eigenvalue weighted by molar-refractivity contribution is -0.122. The monoisotopic (exact) mass is 371 g/mol. The van der Waals surface area contributed by atoms with Gasteiger partial charge in [0, 0.05) is 11.8 Å². The number of hydrogen-bond acceptors (Lipinski definition) is 4. The zero-order valence-corrected chi connectivity index (χ0v) is 15.4. The number of hydrogen-bond donors (Lipinski definition) is 0. The van der Waals surface area contributed by atoms with E-state index < -0.39 is 5.97 Å². The van der Waals surface area contributed by atoms with Crippen LogP contribution in [0.25, 0.3) is 0 Å². The molecule has 0 spiro atoms. The average molecular weight is 372 g/mol. The van der Waals surface area contributed by atoms with Gasteiger partial charge in [-0.2, -0.15) is 0 Å². The minimum absolute atomic E-state index is 0.0103. The average Bonchev–Trinajstić information content (AvgIpc) is 3.25. The molecule has 1 heterocycles. The van der Waals surface area contributed by atoms with Crippen molar-refractivity contribution >= 4 is 35.1 Å². The minimum Gasteiger partial charge on any atom is -0.465 e. The van der Waals surface area contributed by atoms with Crippen LogP contribution in [-0.2, 0) is 14.3 Å². The van der Waals surface area contributed by atoms with Gasteiger partial charge in [0.05, 0.1) is 35.2 Å². The van der Waals surface area contributed by atoms with Gasteiger partial charge < -0.3 is 4.74 Å². The summed E-state index contributed by atoms with van der Waals surface area (Å²) in [7, 11) is 1.26. The van der Waals surface area contributed by atoms with Gasteiger partial charge in [-0.05, 0) is 32.0 Å². The number of fused-ring (bicyclic) bond motifs is 5. The van der Waals surface area contributed by atoms with Gasteiger partial charge in [-0.25, -0.2) is 9.69 Å². The highest BCUT2D eigenvalue weighted by Gasteiger charge is 2.61. The molecule has 2 amide bonds. The predicted molar refractivity (Wildman–Crippen MR) is 96.8 cm³/mol. The zero-order chi connectivity index (χ0) is 18.7. The lowest BCUT2D eigenvalue weighted by Gasteiger charge is -2.20. The number of halogens is 1. The third kappa shape index (κ3) is 2.13. The maximum atomic E-state index is 13.1. The molecule has 2 bridgehead atoms. The molecule has 6 heteroatoms. The quantitative estimate of drug-likeness (QED) is 0.454. The Kier molecular flexibility index (Phi) is 3.81. The maximum absolute atomic E-state index is 13.1. The standard InChI is InChI=1S/C20H18ClNO4/c1-9(2)15-11-5-6-12(15)17-16(11)18(23)22(19(17)24)10-4-7-14(21)13(8-10)20(25)26-3/h4-8,11-12,16-17H,1-3H3/t11-,12-,16-,17+/m0/s1. The Balaban J connectivity index is 1.75. The summed E-state index contributed by atoms with van der Waals surface area (Å²) >= 11 is 6.05. The lowest BCUT2D eigenvalue weighted by Crippen LogP contribution is -2.33. The molecule has 5 nitrogen and oxygen atoms in total. The van der Waals surface area contributed by atoms with Gasteiger partial charge in [0.1, 0.15) is 0 Å². The number of amides is 2. The second kappa shape index (κ2) is 5.81. The van der Waals surface area contributed by atoms with Crippen LogP contribution in [0.2, 0.25) is 5.02 Å². The van der Waals surface area contributed by atoms with E-state index in [9.17, 15) is 14.4 Å². The SMILES string of the molecule is COC(=O)c1cc(N2C(=O)[C@@H]3[C@H](C2=O)[C@H]2C=C[C@H]3C2=C(C)C)ccc1Cl. The molecular weight excluding hydrogens is 354 g/mol.